The molecule has 2 aromatic carbocycles. The van der Waals surface area contributed by atoms with Crippen LogP contribution in [0.1, 0.15) is 15.9 Å². The number of hydrogen-bond donors (Lipinski definition) is 1. The molecule has 0 saturated carbocycles. The van der Waals surface area contributed by atoms with Crippen molar-refractivity contribution in [3.8, 4) is 11.5 Å². The van der Waals surface area contributed by atoms with Crippen molar-refractivity contribution in [1.29, 1.82) is 0 Å². The van der Waals surface area contributed by atoms with Crippen molar-refractivity contribution in [2.45, 2.75) is 6.92 Å². The number of rotatable bonds is 3. The Labute approximate surface area is 110 Å². The summed E-state index contributed by atoms with van der Waals surface area (Å²) >= 11 is 5.99. The zero-order valence-corrected chi connectivity index (χ0v) is 10.4. The molecule has 18 heavy (non-hydrogen) atoms. The lowest BCUT2D eigenvalue weighted by Crippen LogP contribution is -2.00. The van der Waals surface area contributed by atoms with E-state index in [1.807, 2.05) is 6.92 Å². The van der Waals surface area contributed by atoms with Gasteiger partial charge in [-0.1, -0.05) is 29.8 Å². The SMILES string of the molecule is Cc1c(Cl)cccc1Oc1ccccc1C(=O)O. The van der Waals surface area contributed by atoms with Crippen LogP contribution in [0.2, 0.25) is 5.02 Å². The summed E-state index contributed by atoms with van der Waals surface area (Å²) in [7, 11) is 0. The molecular weight excluding hydrogens is 252 g/mol. The molecule has 0 bridgehead atoms. The van der Waals surface area contributed by atoms with E-state index in [2.05, 4.69) is 0 Å². The highest BCUT2D eigenvalue weighted by Crippen LogP contribution is 2.31. The first-order valence-electron chi connectivity index (χ1n) is 5.35. The smallest absolute Gasteiger partial charge is 0.339 e. The van der Waals surface area contributed by atoms with Gasteiger partial charge in [0.25, 0.3) is 0 Å². The number of ether oxygens (including phenoxy) is 1. The minimum atomic E-state index is -1.02. The molecule has 0 radical (unpaired) electrons. The van der Waals surface area contributed by atoms with Gasteiger partial charge in [-0.3, -0.25) is 0 Å². The van der Waals surface area contributed by atoms with E-state index in [0.717, 1.165) is 5.56 Å². The van der Waals surface area contributed by atoms with E-state index in [-0.39, 0.29) is 5.56 Å². The molecule has 0 aliphatic carbocycles. The molecule has 0 amide bonds. The van der Waals surface area contributed by atoms with E-state index in [1.165, 1.54) is 6.07 Å². The second-order valence-electron chi connectivity index (χ2n) is 3.77. The van der Waals surface area contributed by atoms with Crippen LogP contribution in [0.3, 0.4) is 0 Å². The largest absolute Gasteiger partial charge is 0.478 e. The summed E-state index contributed by atoms with van der Waals surface area (Å²) in [6, 6.07) is 11.8. The standard InChI is InChI=1S/C14H11ClO3/c1-9-11(15)6-4-8-12(9)18-13-7-3-2-5-10(13)14(16)17/h2-8H,1H3,(H,16,17). The topological polar surface area (TPSA) is 46.5 Å². The third-order valence-electron chi connectivity index (χ3n) is 2.56. The molecule has 0 aliphatic rings. The van der Waals surface area contributed by atoms with E-state index in [0.29, 0.717) is 16.5 Å². The highest BCUT2D eigenvalue weighted by atomic mass is 35.5. The van der Waals surface area contributed by atoms with E-state index >= 15 is 0 Å². The van der Waals surface area contributed by atoms with Crippen LogP contribution in [0.15, 0.2) is 42.5 Å². The molecule has 2 rings (SSSR count). The van der Waals surface area contributed by atoms with Crippen molar-refractivity contribution >= 4 is 17.6 Å². The summed E-state index contributed by atoms with van der Waals surface area (Å²) < 4.78 is 5.62. The van der Waals surface area contributed by atoms with Gasteiger partial charge in [-0.05, 0) is 31.2 Å². The Morgan fingerprint density at radius 2 is 1.78 bits per heavy atom. The minimum absolute atomic E-state index is 0.122. The van der Waals surface area contributed by atoms with Gasteiger partial charge in [-0.25, -0.2) is 4.79 Å². The van der Waals surface area contributed by atoms with E-state index < -0.39 is 5.97 Å². The molecule has 1 N–H and O–H groups in total. The minimum Gasteiger partial charge on any atom is -0.478 e. The van der Waals surface area contributed by atoms with Gasteiger partial charge in [0.1, 0.15) is 17.1 Å². The Hall–Kier alpha value is -2.00. The predicted octanol–water partition coefficient (Wildman–Crippen LogP) is 4.14. The van der Waals surface area contributed by atoms with Gasteiger partial charge in [0.2, 0.25) is 0 Å². The lowest BCUT2D eigenvalue weighted by Gasteiger charge is -2.11. The Morgan fingerprint density at radius 1 is 1.11 bits per heavy atom. The van der Waals surface area contributed by atoms with Crippen LogP contribution in [-0.2, 0) is 0 Å². The summed E-state index contributed by atoms with van der Waals surface area (Å²) in [5, 5.41) is 9.65. The third kappa shape index (κ3) is 2.46. The maximum atomic E-state index is 11.1. The molecule has 92 valence electrons. The van der Waals surface area contributed by atoms with E-state index in [4.69, 9.17) is 21.4 Å². The van der Waals surface area contributed by atoms with Gasteiger partial charge in [-0.15, -0.1) is 0 Å². The monoisotopic (exact) mass is 262 g/mol. The second-order valence-corrected chi connectivity index (χ2v) is 4.17. The van der Waals surface area contributed by atoms with Crippen LogP contribution in [0.4, 0.5) is 0 Å². The first-order chi connectivity index (χ1) is 8.59. The number of carbonyl (C=O) groups is 1. The first kappa shape index (κ1) is 12.5. The quantitative estimate of drug-likeness (QED) is 0.904. The maximum Gasteiger partial charge on any atom is 0.339 e. The molecule has 0 atom stereocenters. The Balaban J connectivity index is 2.40. The molecule has 0 fully saturated rings. The zero-order valence-electron chi connectivity index (χ0n) is 9.68. The molecule has 0 saturated heterocycles. The van der Waals surface area contributed by atoms with E-state index in [1.54, 1.807) is 36.4 Å². The van der Waals surface area contributed by atoms with Crippen molar-refractivity contribution < 1.29 is 14.6 Å². The van der Waals surface area contributed by atoms with Crippen LogP contribution in [0.25, 0.3) is 0 Å². The normalized spacial score (nSPS) is 10.1. The number of carboxylic acids is 1. The fourth-order valence-corrected chi connectivity index (χ4v) is 1.71. The van der Waals surface area contributed by atoms with Crippen LogP contribution < -0.4 is 4.74 Å². The predicted molar refractivity (Wildman–Crippen MR) is 69.7 cm³/mol. The van der Waals surface area contributed by atoms with Gasteiger partial charge >= 0.3 is 5.97 Å². The average molecular weight is 263 g/mol. The van der Waals surface area contributed by atoms with Crippen molar-refractivity contribution in [3.05, 3.63) is 58.6 Å². The van der Waals surface area contributed by atoms with Crippen molar-refractivity contribution in [3.63, 3.8) is 0 Å². The maximum absolute atomic E-state index is 11.1. The summed E-state index contributed by atoms with van der Waals surface area (Å²) in [4.78, 5) is 11.1. The number of para-hydroxylation sites is 1. The van der Waals surface area contributed by atoms with Gasteiger partial charge < -0.3 is 9.84 Å². The Kier molecular flexibility index (Phi) is 3.53. The van der Waals surface area contributed by atoms with Crippen LogP contribution in [0, 0.1) is 6.92 Å². The lowest BCUT2D eigenvalue weighted by molar-refractivity contribution is 0.0694. The number of carboxylic acid groups (broad SMARTS) is 1. The van der Waals surface area contributed by atoms with Gasteiger partial charge in [0, 0.05) is 10.6 Å². The molecule has 3 nitrogen and oxygen atoms in total. The van der Waals surface area contributed by atoms with Crippen LogP contribution in [-0.4, -0.2) is 11.1 Å². The van der Waals surface area contributed by atoms with Crippen molar-refractivity contribution in [2.24, 2.45) is 0 Å². The molecule has 0 spiro atoms. The van der Waals surface area contributed by atoms with Gasteiger partial charge in [0.05, 0.1) is 0 Å². The zero-order chi connectivity index (χ0) is 13.1. The average Bonchev–Trinajstić information content (AvgIpc) is 2.35. The molecule has 0 aromatic heterocycles. The second kappa shape index (κ2) is 5.10. The fraction of sp³-hybridized carbons (Fsp3) is 0.0714. The fourth-order valence-electron chi connectivity index (χ4n) is 1.55. The number of benzene rings is 2. The number of hydrogen-bond acceptors (Lipinski definition) is 2. The van der Waals surface area contributed by atoms with Gasteiger partial charge in [0.15, 0.2) is 0 Å². The molecule has 2 aromatic rings. The highest BCUT2D eigenvalue weighted by molar-refractivity contribution is 6.31. The third-order valence-corrected chi connectivity index (χ3v) is 2.96. The van der Waals surface area contributed by atoms with E-state index in [9.17, 15) is 4.79 Å². The number of aromatic carboxylic acids is 1. The van der Waals surface area contributed by atoms with Crippen LogP contribution in [0.5, 0.6) is 11.5 Å². The lowest BCUT2D eigenvalue weighted by atomic mass is 10.2. The Morgan fingerprint density at radius 3 is 2.50 bits per heavy atom. The summed E-state index contributed by atoms with van der Waals surface area (Å²) in [6.45, 7) is 1.82. The summed E-state index contributed by atoms with van der Waals surface area (Å²) in [5.74, 6) is -0.170. The highest BCUT2D eigenvalue weighted by Gasteiger charge is 2.12. The summed E-state index contributed by atoms with van der Waals surface area (Å²) in [5.41, 5.74) is 0.899. The molecule has 0 aliphatic heterocycles. The van der Waals surface area contributed by atoms with Crippen molar-refractivity contribution in [2.75, 3.05) is 0 Å². The van der Waals surface area contributed by atoms with Gasteiger partial charge in [-0.2, -0.15) is 0 Å². The molecule has 0 heterocycles. The molecular formula is C14H11ClO3. The van der Waals surface area contributed by atoms with Crippen molar-refractivity contribution in [1.82, 2.24) is 0 Å². The van der Waals surface area contributed by atoms with Crippen LogP contribution >= 0.6 is 11.6 Å². The Bertz CT molecular complexity index is 593. The summed E-state index contributed by atoms with van der Waals surface area (Å²) in [6.07, 6.45) is 0. The molecule has 4 heteroatoms. The number of halogens is 1. The first-order valence-corrected chi connectivity index (χ1v) is 5.72. The molecule has 0 unspecified atom stereocenters.